The Labute approximate surface area is 139 Å². The predicted molar refractivity (Wildman–Crippen MR) is 85.6 cm³/mol. The third-order valence-electron chi connectivity index (χ3n) is 4.29. The fourth-order valence-electron chi connectivity index (χ4n) is 2.91. The van der Waals surface area contributed by atoms with E-state index in [9.17, 15) is 13.2 Å². The molecule has 128 valence electrons. The van der Waals surface area contributed by atoms with E-state index < -0.39 is 16.0 Å². The fourth-order valence-corrected chi connectivity index (χ4v) is 4.21. The van der Waals surface area contributed by atoms with Gasteiger partial charge in [-0.05, 0) is 37.8 Å². The van der Waals surface area contributed by atoms with E-state index in [1.165, 1.54) is 24.8 Å². The van der Waals surface area contributed by atoms with Crippen LogP contribution in [0, 0.1) is 5.92 Å². The van der Waals surface area contributed by atoms with Crippen LogP contribution < -0.4 is 4.72 Å². The summed E-state index contributed by atoms with van der Waals surface area (Å²) in [4.78, 5) is 15.1. The Bertz CT molecular complexity index is 792. The summed E-state index contributed by atoms with van der Waals surface area (Å²) in [5.41, 5.74) is 1.41. The molecule has 1 saturated carbocycles. The number of carbonyl (C=O) groups is 1. The van der Waals surface area contributed by atoms with Crippen molar-refractivity contribution in [2.45, 2.75) is 36.6 Å². The van der Waals surface area contributed by atoms with Crippen LogP contribution >= 0.6 is 0 Å². The average Bonchev–Trinajstić information content (AvgIpc) is 3.09. The number of nitrogens with one attached hydrogen (secondary N) is 1. The first kappa shape index (κ1) is 16.7. The van der Waals surface area contributed by atoms with E-state index in [-0.39, 0.29) is 16.9 Å². The van der Waals surface area contributed by atoms with Gasteiger partial charge in [0.25, 0.3) is 0 Å². The minimum absolute atomic E-state index is 0.176. The number of aliphatic carboxylic acids is 1. The Balaban J connectivity index is 1.66. The van der Waals surface area contributed by atoms with E-state index in [4.69, 9.17) is 9.52 Å². The third kappa shape index (κ3) is 3.65. The monoisotopic (exact) mass is 350 g/mol. The maximum atomic E-state index is 12.5. The smallest absolute Gasteiger partial charge is 0.306 e. The number of aromatic nitrogens is 1. The predicted octanol–water partition coefficient (Wildman–Crippen LogP) is 2.26. The molecule has 0 atom stereocenters. The SMILES string of the molecule is O=C(O)[C@H]1CC[C@H](NS(=O)(=O)c2ccc(-c3cocn3)cc2)CC1. The second kappa shape index (κ2) is 6.74. The van der Waals surface area contributed by atoms with Crippen molar-refractivity contribution in [2.75, 3.05) is 0 Å². The fraction of sp³-hybridized carbons (Fsp3) is 0.375. The van der Waals surface area contributed by atoms with E-state index in [2.05, 4.69) is 9.71 Å². The van der Waals surface area contributed by atoms with Crippen LogP contribution in [0.4, 0.5) is 0 Å². The van der Waals surface area contributed by atoms with Crippen LogP contribution in [0.5, 0.6) is 0 Å². The highest BCUT2D eigenvalue weighted by atomic mass is 32.2. The molecule has 2 N–H and O–H groups in total. The summed E-state index contributed by atoms with van der Waals surface area (Å²) in [6.07, 6.45) is 4.86. The molecule has 1 aromatic carbocycles. The van der Waals surface area contributed by atoms with Crippen LogP contribution in [-0.4, -0.2) is 30.5 Å². The summed E-state index contributed by atoms with van der Waals surface area (Å²) in [5, 5.41) is 8.99. The Hall–Kier alpha value is -2.19. The number of oxazole rings is 1. The normalized spacial score (nSPS) is 21.5. The van der Waals surface area contributed by atoms with Gasteiger partial charge in [0.1, 0.15) is 12.0 Å². The molecule has 0 radical (unpaired) electrons. The topological polar surface area (TPSA) is 110 Å². The molecule has 8 heteroatoms. The number of hydrogen-bond donors (Lipinski definition) is 2. The molecule has 0 bridgehead atoms. The summed E-state index contributed by atoms with van der Waals surface area (Å²) in [6.45, 7) is 0. The second-order valence-corrected chi connectivity index (χ2v) is 7.62. The molecule has 2 aromatic rings. The molecule has 1 aliphatic carbocycles. The lowest BCUT2D eigenvalue weighted by Crippen LogP contribution is -2.38. The minimum atomic E-state index is -3.62. The molecule has 3 rings (SSSR count). The van der Waals surface area contributed by atoms with E-state index in [0.717, 1.165) is 5.56 Å². The van der Waals surface area contributed by atoms with Gasteiger partial charge in [0.05, 0.1) is 10.8 Å². The Morgan fingerprint density at radius 1 is 1.17 bits per heavy atom. The summed E-state index contributed by atoms with van der Waals surface area (Å²) >= 11 is 0. The lowest BCUT2D eigenvalue weighted by atomic mass is 9.87. The number of sulfonamides is 1. The number of benzene rings is 1. The first-order chi connectivity index (χ1) is 11.5. The number of carboxylic acids is 1. The van der Waals surface area contributed by atoms with Crippen molar-refractivity contribution in [3.8, 4) is 11.3 Å². The second-order valence-electron chi connectivity index (χ2n) is 5.91. The number of carboxylic acid groups (broad SMARTS) is 1. The summed E-state index contributed by atoms with van der Waals surface area (Å²) < 4.78 is 32.5. The highest BCUT2D eigenvalue weighted by molar-refractivity contribution is 7.89. The zero-order chi connectivity index (χ0) is 17.2. The van der Waals surface area contributed by atoms with Gasteiger partial charge >= 0.3 is 5.97 Å². The number of rotatable bonds is 5. The van der Waals surface area contributed by atoms with Gasteiger partial charge in [-0.1, -0.05) is 12.1 Å². The molecule has 1 fully saturated rings. The van der Waals surface area contributed by atoms with Gasteiger partial charge < -0.3 is 9.52 Å². The number of nitrogens with zero attached hydrogens (tertiary/aromatic N) is 1. The maximum absolute atomic E-state index is 12.5. The van der Waals surface area contributed by atoms with E-state index in [0.29, 0.717) is 31.4 Å². The average molecular weight is 350 g/mol. The van der Waals surface area contributed by atoms with Crippen molar-refractivity contribution in [1.29, 1.82) is 0 Å². The zero-order valence-electron chi connectivity index (χ0n) is 12.9. The van der Waals surface area contributed by atoms with Crippen LogP contribution in [-0.2, 0) is 14.8 Å². The van der Waals surface area contributed by atoms with Crippen molar-refractivity contribution in [3.05, 3.63) is 36.9 Å². The minimum Gasteiger partial charge on any atom is -0.481 e. The molecule has 1 heterocycles. The first-order valence-electron chi connectivity index (χ1n) is 7.69. The van der Waals surface area contributed by atoms with Crippen LogP contribution in [0.2, 0.25) is 0 Å². The van der Waals surface area contributed by atoms with E-state index >= 15 is 0 Å². The van der Waals surface area contributed by atoms with Crippen molar-refractivity contribution >= 4 is 16.0 Å². The lowest BCUT2D eigenvalue weighted by Gasteiger charge is -2.26. The molecule has 0 aliphatic heterocycles. The summed E-state index contributed by atoms with van der Waals surface area (Å²) in [5.74, 6) is -1.17. The van der Waals surface area contributed by atoms with Gasteiger partial charge in [0, 0.05) is 11.6 Å². The lowest BCUT2D eigenvalue weighted by molar-refractivity contribution is -0.142. The van der Waals surface area contributed by atoms with Crippen LogP contribution in [0.15, 0.2) is 46.2 Å². The molecule has 0 unspecified atom stereocenters. The molecule has 1 aliphatic rings. The molecular formula is C16H18N2O5S. The van der Waals surface area contributed by atoms with E-state index in [1.54, 1.807) is 12.1 Å². The van der Waals surface area contributed by atoms with E-state index in [1.807, 2.05) is 0 Å². The van der Waals surface area contributed by atoms with Crippen molar-refractivity contribution in [1.82, 2.24) is 9.71 Å². The standard InChI is InChI=1S/C16H18N2O5S/c19-16(20)12-1-5-13(6-2-12)18-24(21,22)14-7-3-11(4-8-14)15-9-23-10-17-15/h3-4,7-10,12-13,18H,1-2,5-6H2,(H,19,20)/t12-,13-. The van der Waals surface area contributed by atoms with Crippen LogP contribution in [0.25, 0.3) is 11.3 Å². The highest BCUT2D eigenvalue weighted by Gasteiger charge is 2.28. The third-order valence-corrected chi connectivity index (χ3v) is 5.83. The van der Waals surface area contributed by atoms with Gasteiger partial charge in [-0.15, -0.1) is 0 Å². The maximum Gasteiger partial charge on any atom is 0.306 e. The zero-order valence-corrected chi connectivity index (χ0v) is 13.7. The molecule has 24 heavy (non-hydrogen) atoms. The summed E-state index contributed by atoms with van der Waals surface area (Å²) in [7, 11) is -3.62. The molecule has 0 spiro atoms. The molecule has 0 amide bonds. The van der Waals surface area contributed by atoms with Crippen LogP contribution in [0.1, 0.15) is 25.7 Å². The molecule has 7 nitrogen and oxygen atoms in total. The van der Waals surface area contributed by atoms with Gasteiger partial charge in [-0.25, -0.2) is 18.1 Å². The Kier molecular flexibility index (Phi) is 4.68. The summed E-state index contributed by atoms with van der Waals surface area (Å²) in [6, 6.07) is 6.17. The van der Waals surface area contributed by atoms with Crippen molar-refractivity contribution in [3.63, 3.8) is 0 Å². The van der Waals surface area contributed by atoms with Gasteiger partial charge in [0.2, 0.25) is 10.0 Å². The Morgan fingerprint density at radius 2 is 1.83 bits per heavy atom. The van der Waals surface area contributed by atoms with Gasteiger partial charge in [0.15, 0.2) is 6.39 Å². The van der Waals surface area contributed by atoms with Crippen LogP contribution in [0.3, 0.4) is 0 Å². The van der Waals surface area contributed by atoms with Crippen molar-refractivity contribution in [2.24, 2.45) is 5.92 Å². The van der Waals surface area contributed by atoms with Gasteiger partial charge in [-0.3, -0.25) is 4.79 Å². The Morgan fingerprint density at radius 3 is 2.38 bits per heavy atom. The quantitative estimate of drug-likeness (QED) is 0.856. The largest absolute Gasteiger partial charge is 0.481 e. The highest BCUT2D eigenvalue weighted by Crippen LogP contribution is 2.26. The first-order valence-corrected chi connectivity index (χ1v) is 9.18. The van der Waals surface area contributed by atoms with Gasteiger partial charge in [-0.2, -0.15) is 0 Å². The number of hydrogen-bond acceptors (Lipinski definition) is 5. The molecular weight excluding hydrogens is 332 g/mol. The molecule has 1 aromatic heterocycles. The molecule has 0 saturated heterocycles. The van der Waals surface area contributed by atoms with Crippen molar-refractivity contribution < 1.29 is 22.7 Å².